The Hall–Kier alpha value is -1.55. The summed E-state index contributed by atoms with van der Waals surface area (Å²) in [5.41, 5.74) is 8.22. The van der Waals surface area contributed by atoms with Crippen LogP contribution in [-0.4, -0.2) is 17.2 Å². The Morgan fingerprint density at radius 2 is 2.20 bits per heavy atom. The molecular formula is C15H17ClFN3. The summed E-state index contributed by atoms with van der Waals surface area (Å²) in [6.07, 6.45) is 2.21. The van der Waals surface area contributed by atoms with Gasteiger partial charge in [-0.2, -0.15) is 0 Å². The third-order valence-corrected chi connectivity index (χ3v) is 4.23. The van der Waals surface area contributed by atoms with Crippen molar-refractivity contribution in [1.82, 2.24) is 4.98 Å². The zero-order valence-corrected chi connectivity index (χ0v) is 12.0. The van der Waals surface area contributed by atoms with Crippen molar-refractivity contribution in [2.24, 2.45) is 5.92 Å². The van der Waals surface area contributed by atoms with Crippen molar-refractivity contribution in [1.29, 1.82) is 0 Å². The average Bonchev–Trinajstić information content (AvgIpc) is 2.72. The lowest BCUT2D eigenvalue weighted by Crippen LogP contribution is -2.17. The standard InChI is InChI=1S/C15H17ClFN3/c1-8-4-10(6-12(8)17)20-15-11-5-9(16)2-3-14(11)19-7-13(15)18/h2-3,5,7-8,10,12H,4,6,18H2,1H3,(H,19,20)/t8-,10?,12+/m1/s1. The molecule has 1 aliphatic rings. The molecule has 1 heterocycles. The van der Waals surface area contributed by atoms with Crippen LogP contribution in [0.3, 0.4) is 0 Å². The van der Waals surface area contributed by atoms with Gasteiger partial charge in [0.2, 0.25) is 0 Å². The van der Waals surface area contributed by atoms with Crippen LogP contribution in [0.25, 0.3) is 10.9 Å². The van der Waals surface area contributed by atoms with Gasteiger partial charge in [0.1, 0.15) is 6.17 Å². The molecular weight excluding hydrogens is 277 g/mol. The zero-order valence-electron chi connectivity index (χ0n) is 11.2. The van der Waals surface area contributed by atoms with Crippen LogP contribution in [0.1, 0.15) is 19.8 Å². The van der Waals surface area contributed by atoms with Crippen LogP contribution in [0.4, 0.5) is 15.8 Å². The highest BCUT2D eigenvalue weighted by atomic mass is 35.5. The van der Waals surface area contributed by atoms with Crippen LogP contribution in [-0.2, 0) is 0 Å². The number of anilines is 2. The summed E-state index contributed by atoms with van der Waals surface area (Å²) >= 11 is 6.05. The van der Waals surface area contributed by atoms with Gasteiger partial charge in [-0.25, -0.2) is 4.39 Å². The van der Waals surface area contributed by atoms with Gasteiger partial charge in [-0.05, 0) is 37.0 Å². The molecule has 3 N–H and O–H groups in total. The molecule has 20 heavy (non-hydrogen) atoms. The van der Waals surface area contributed by atoms with E-state index in [0.717, 1.165) is 23.0 Å². The summed E-state index contributed by atoms with van der Waals surface area (Å²) < 4.78 is 13.6. The van der Waals surface area contributed by atoms with E-state index < -0.39 is 6.17 Å². The smallest absolute Gasteiger partial charge is 0.105 e. The number of rotatable bonds is 2. The summed E-state index contributed by atoms with van der Waals surface area (Å²) in [7, 11) is 0. The van der Waals surface area contributed by atoms with Gasteiger partial charge in [-0.15, -0.1) is 0 Å². The molecule has 0 spiro atoms. The zero-order chi connectivity index (χ0) is 14.3. The Bertz CT molecular complexity index is 631. The molecule has 0 saturated heterocycles. The van der Waals surface area contributed by atoms with Crippen molar-refractivity contribution < 1.29 is 4.39 Å². The van der Waals surface area contributed by atoms with E-state index in [0.29, 0.717) is 17.1 Å². The first-order valence-electron chi connectivity index (χ1n) is 6.79. The van der Waals surface area contributed by atoms with E-state index in [4.69, 9.17) is 17.3 Å². The molecule has 0 radical (unpaired) electrons. The minimum Gasteiger partial charge on any atom is -0.396 e. The van der Waals surface area contributed by atoms with E-state index in [9.17, 15) is 4.39 Å². The van der Waals surface area contributed by atoms with Gasteiger partial charge in [0, 0.05) is 16.5 Å². The topological polar surface area (TPSA) is 50.9 Å². The molecule has 0 amide bonds. The number of nitrogen functional groups attached to an aromatic ring is 1. The van der Waals surface area contributed by atoms with Crippen LogP contribution in [0.2, 0.25) is 5.02 Å². The summed E-state index contributed by atoms with van der Waals surface area (Å²) in [4.78, 5) is 4.29. The van der Waals surface area contributed by atoms with Crippen molar-refractivity contribution in [3.05, 3.63) is 29.4 Å². The van der Waals surface area contributed by atoms with Gasteiger partial charge in [0.15, 0.2) is 0 Å². The molecule has 3 rings (SSSR count). The third kappa shape index (κ3) is 2.40. The fraction of sp³-hybridized carbons (Fsp3) is 0.400. The number of alkyl halides is 1. The molecule has 3 nitrogen and oxygen atoms in total. The van der Waals surface area contributed by atoms with Crippen molar-refractivity contribution in [2.75, 3.05) is 11.1 Å². The molecule has 1 aromatic heterocycles. The molecule has 1 aliphatic carbocycles. The molecule has 0 aliphatic heterocycles. The highest BCUT2D eigenvalue weighted by Crippen LogP contribution is 2.35. The molecule has 1 saturated carbocycles. The highest BCUT2D eigenvalue weighted by Gasteiger charge is 2.31. The molecule has 1 fully saturated rings. The summed E-state index contributed by atoms with van der Waals surface area (Å²) in [5.74, 6) is 0.0883. The van der Waals surface area contributed by atoms with Crippen LogP contribution >= 0.6 is 11.6 Å². The number of nitrogens with two attached hydrogens (primary N) is 1. The molecule has 0 bridgehead atoms. The minimum absolute atomic E-state index is 0.0883. The number of nitrogens with zero attached hydrogens (tertiary/aromatic N) is 1. The number of pyridine rings is 1. The predicted molar refractivity (Wildman–Crippen MR) is 81.9 cm³/mol. The Morgan fingerprint density at radius 3 is 2.90 bits per heavy atom. The Kier molecular flexibility index (Phi) is 3.42. The second-order valence-corrected chi connectivity index (χ2v) is 5.99. The van der Waals surface area contributed by atoms with E-state index in [2.05, 4.69) is 10.3 Å². The first kappa shape index (κ1) is 13.4. The molecule has 3 atom stereocenters. The fourth-order valence-corrected chi connectivity index (χ4v) is 3.03. The quantitative estimate of drug-likeness (QED) is 0.879. The van der Waals surface area contributed by atoms with Gasteiger partial charge < -0.3 is 11.1 Å². The van der Waals surface area contributed by atoms with Crippen LogP contribution in [0.5, 0.6) is 0 Å². The number of benzene rings is 1. The highest BCUT2D eigenvalue weighted by molar-refractivity contribution is 6.31. The largest absolute Gasteiger partial charge is 0.396 e. The van der Waals surface area contributed by atoms with Crippen molar-refractivity contribution in [3.63, 3.8) is 0 Å². The Balaban J connectivity index is 1.98. The maximum atomic E-state index is 13.6. The van der Waals surface area contributed by atoms with E-state index in [-0.39, 0.29) is 12.0 Å². The van der Waals surface area contributed by atoms with Gasteiger partial charge in [0.25, 0.3) is 0 Å². The number of aromatic nitrogens is 1. The fourth-order valence-electron chi connectivity index (χ4n) is 2.86. The lowest BCUT2D eigenvalue weighted by atomic mass is 10.1. The molecule has 2 aromatic rings. The third-order valence-electron chi connectivity index (χ3n) is 3.99. The average molecular weight is 294 g/mol. The van der Waals surface area contributed by atoms with Gasteiger partial charge in [-0.3, -0.25) is 4.98 Å². The predicted octanol–water partition coefficient (Wildman–Crippen LogP) is 4.02. The maximum absolute atomic E-state index is 13.6. The number of fused-ring (bicyclic) bond motifs is 1. The molecule has 5 heteroatoms. The van der Waals surface area contributed by atoms with Gasteiger partial charge in [0.05, 0.1) is 23.1 Å². The SMILES string of the molecule is C[C@@H]1CC(Nc2c(N)cnc3ccc(Cl)cc23)C[C@@H]1F. The number of hydrogen-bond acceptors (Lipinski definition) is 3. The first-order chi connectivity index (χ1) is 9.54. The monoisotopic (exact) mass is 293 g/mol. The van der Waals surface area contributed by atoms with E-state index in [1.807, 2.05) is 19.1 Å². The van der Waals surface area contributed by atoms with Crippen LogP contribution < -0.4 is 11.1 Å². The van der Waals surface area contributed by atoms with E-state index in [1.165, 1.54) is 0 Å². The lowest BCUT2D eigenvalue weighted by Gasteiger charge is -2.17. The normalized spacial score (nSPS) is 26.1. The summed E-state index contributed by atoms with van der Waals surface area (Å²) in [6.45, 7) is 1.94. The van der Waals surface area contributed by atoms with E-state index in [1.54, 1.807) is 12.3 Å². The number of hydrogen-bond donors (Lipinski definition) is 2. The summed E-state index contributed by atoms with van der Waals surface area (Å²) in [5, 5.41) is 4.89. The number of halogens is 2. The van der Waals surface area contributed by atoms with Gasteiger partial charge in [-0.1, -0.05) is 18.5 Å². The van der Waals surface area contributed by atoms with Crippen molar-refractivity contribution in [3.8, 4) is 0 Å². The second kappa shape index (κ2) is 5.09. The molecule has 1 aromatic carbocycles. The second-order valence-electron chi connectivity index (χ2n) is 5.56. The van der Waals surface area contributed by atoms with Crippen LogP contribution in [0.15, 0.2) is 24.4 Å². The Labute approximate surface area is 122 Å². The maximum Gasteiger partial charge on any atom is 0.105 e. The van der Waals surface area contributed by atoms with Gasteiger partial charge >= 0.3 is 0 Å². The van der Waals surface area contributed by atoms with E-state index >= 15 is 0 Å². The summed E-state index contributed by atoms with van der Waals surface area (Å²) in [6, 6.07) is 5.60. The Morgan fingerprint density at radius 1 is 1.40 bits per heavy atom. The molecule has 1 unspecified atom stereocenters. The first-order valence-corrected chi connectivity index (χ1v) is 7.16. The van der Waals surface area contributed by atoms with Crippen LogP contribution in [0, 0.1) is 5.92 Å². The lowest BCUT2D eigenvalue weighted by molar-refractivity contribution is 0.277. The minimum atomic E-state index is -0.745. The van der Waals surface area contributed by atoms with Crippen molar-refractivity contribution in [2.45, 2.75) is 32.0 Å². The molecule has 106 valence electrons. The number of nitrogens with one attached hydrogen (secondary N) is 1. The van der Waals surface area contributed by atoms with Crippen molar-refractivity contribution >= 4 is 33.9 Å².